The smallest absolute Gasteiger partial charge is 0.257 e. The molecule has 0 unspecified atom stereocenters. The third-order valence-electron chi connectivity index (χ3n) is 4.26. The number of nitrogens with two attached hydrogens (primary N) is 1. The molecule has 0 aromatic heterocycles. The van der Waals surface area contributed by atoms with E-state index in [0.717, 1.165) is 18.8 Å². The van der Waals surface area contributed by atoms with Crippen LogP contribution in [-0.4, -0.2) is 19.1 Å². The number of rotatable bonds is 4. The minimum Gasteiger partial charge on any atom is -0.496 e. The molecule has 1 aromatic carbocycles. The summed E-state index contributed by atoms with van der Waals surface area (Å²) >= 11 is 0. The molecule has 0 heterocycles. The molecule has 0 saturated heterocycles. The maximum atomic E-state index is 12.4. The molecule has 1 aliphatic carbocycles. The van der Waals surface area contributed by atoms with Crippen LogP contribution in [0.3, 0.4) is 0 Å². The van der Waals surface area contributed by atoms with Gasteiger partial charge in [0.15, 0.2) is 0 Å². The molecule has 20 heavy (non-hydrogen) atoms. The van der Waals surface area contributed by atoms with Crippen molar-refractivity contribution in [1.82, 2.24) is 5.32 Å². The average molecular weight is 276 g/mol. The zero-order valence-corrected chi connectivity index (χ0v) is 12.3. The summed E-state index contributed by atoms with van der Waals surface area (Å²) in [6.07, 6.45) is 5.74. The molecule has 0 bridgehead atoms. The third kappa shape index (κ3) is 3.24. The minimum atomic E-state index is -0.125. The number of benzene rings is 1. The summed E-state index contributed by atoms with van der Waals surface area (Å²) in [7, 11) is 1.55. The second-order valence-electron chi connectivity index (χ2n) is 5.52. The molecule has 3 N–H and O–H groups in total. The van der Waals surface area contributed by atoms with Crippen LogP contribution in [0.4, 0.5) is 5.69 Å². The van der Waals surface area contributed by atoms with Crippen molar-refractivity contribution in [3.63, 3.8) is 0 Å². The van der Waals surface area contributed by atoms with Gasteiger partial charge in [-0.05, 0) is 43.7 Å². The Labute approximate surface area is 120 Å². The van der Waals surface area contributed by atoms with Gasteiger partial charge in [0.1, 0.15) is 11.3 Å². The predicted molar refractivity (Wildman–Crippen MR) is 80.9 cm³/mol. The van der Waals surface area contributed by atoms with Gasteiger partial charge >= 0.3 is 0 Å². The van der Waals surface area contributed by atoms with Crippen LogP contribution in [0.15, 0.2) is 18.2 Å². The summed E-state index contributed by atoms with van der Waals surface area (Å²) in [6.45, 7) is 2.24. The third-order valence-corrected chi connectivity index (χ3v) is 4.26. The number of nitrogens with one attached hydrogen (secondary N) is 1. The van der Waals surface area contributed by atoms with Crippen LogP contribution in [0, 0.1) is 5.92 Å². The molecule has 1 aromatic rings. The first-order chi connectivity index (χ1) is 9.65. The molecule has 1 saturated carbocycles. The van der Waals surface area contributed by atoms with Crippen molar-refractivity contribution >= 4 is 11.6 Å². The van der Waals surface area contributed by atoms with Gasteiger partial charge in [-0.1, -0.05) is 19.4 Å². The molecule has 4 heteroatoms. The van der Waals surface area contributed by atoms with Crippen molar-refractivity contribution in [1.29, 1.82) is 0 Å². The lowest BCUT2D eigenvalue weighted by molar-refractivity contribution is 0.0919. The first-order valence-corrected chi connectivity index (χ1v) is 7.39. The largest absolute Gasteiger partial charge is 0.496 e. The first-order valence-electron chi connectivity index (χ1n) is 7.39. The molecule has 110 valence electrons. The number of ether oxygens (including phenoxy) is 1. The Hall–Kier alpha value is -1.71. The van der Waals surface area contributed by atoms with Gasteiger partial charge in [-0.25, -0.2) is 0 Å². The summed E-state index contributed by atoms with van der Waals surface area (Å²) in [6, 6.07) is 5.54. The normalized spacial score (nSPS) is 22.3. The predicted octanol–water partition coefficient (Wildman–Crippen LogP) is 2.98. The Morgan fingerprint density at radius 3 is 2.65 bits per heavy atom. The van der Waals surface area contributed by atoms with Crippen molar-refractivity contribution in [3.05, 3.63) is 23.8 Å². The van der Waals surface area contributed by atoms with Gasteiger partial charge in [-0.3, -0.25) is 4.79 Å². The van der Waals surface area contributed by atoms with E-state index in [9.17, 15) is 4.79 Å². The van der Waals surface area contributed by atoms with Gasteiger partial charge < -0.3 is 15.8 Å². The van der Waals surface area contributed by atoms with Crippen LogP contribution in [-0.2, 0) is 0 Å². The summed E-state index contributed by atoms with van der Waals surface area (Å²) < 4.78 is 5.23. The number of amides is 1. The molecule has 2 rings (SSSR count). The maximum Gasteiger partial charge on any atom is 0.257 e. The molecule has 0 radical (unpaired) electrons. The van der Waals surface area contributed by atoms with Crippen LogP contribution in [0.25, 0.3) is 0 Å². The van der Waals surface area contributed by atoms with Crippen LogP contribution in [0.2, 0.25) is 0 Å². The van der Waals surface area contributed by atoms with E-state index in [0.29, 0.717) is 17.0 Å². The van der Waals surface area contributed by atoms with Crippen molar-refractivity contribution < 1.29 is 9.53 Å². The Balaban J connectivity index is 2.02. The molecule has 4 nitrogen and oxygen atoms in total. The van der Waals surface area contributed by atoms with Gasteiger partial charge in [0, 0.05) is 11.7 Å². The standard InChI is InChI=1S/C16H24N2O2/c1-3-11-7-9-12(10-8-11)18-16(19)15-13(17)5-4-6-14(15)20-2/h4-6,11-12H,3,7-10,17H2,1-2H3,(H,18,19). The fourth-order valence-corrected chi connectivity index (χ4v) is 2.93. The molecule has 0 atom stereocenters. The van der Waals surface area contributed by atoms with Gasteiger partial charge in [0.05, 0.1) is 7.11 Å². The second-order valence-corrected chi connectivity index (χ2v) is 5.52. The molecule has 1 aliphatic rings. The number of methoxy groups -OCH3 is 1. The second kappa shape index (κ2) is 6.64. The number of nitrogen functional groups attached to an aromatic ring is 1. The first kappa shape index (κ1) is 14.7. The SMILES string of the molecule is CCC1CCC(NC(=O)c2c(N)cccc2OC)CC1. The maximum absolute atomic E-state index is 12.4. The zero-order valence-electron chi connectivity index (χ0n) is 12.3. The highest BCUT2D eigenvalue weighted by Crippen LogP contribution is 2.28. The number of carbonyl (C=O) groups is 1. The van der Waals surface area contributed by atoms with Crippen molar-refractivity contribution in [2.45, 2.75) is 45.1 Å². The summed E-state index contributed by atoms with van der Waals surface area (Å²) in [5.41, 5.74) is 6.82. The zero-order chi connectivity index (χ0) is 14.5. The summed E-state index contributed by atoms with van der Waals surface area (Å²) in [5, 5.41) is 3.10. The molecule has 1 fully saturated rings. The van der Waals surface area contributed by atoms with Gasteiger partial charge in [0.25, 0.3) is 5.91 Å². The van der Waals surface area contributed by atoms with E-state index in [-0.39, 0.29) is 11.9 Å². The number of hydrogen-bond donors (Lipinski definition) is 2. The van der Waals surface area contributed by atoms with Crippen molar-refractivity contribution in [3.8, 4) is 5.75 Å². The van der Waals surface area contributed by atoms with E-state index in [2.05, 4.69) is 12.2 Å². The van der Waals surface area contributed by atoms with E-state index in [1.807, 2.05) is 0 Å². The van der Waals surface area contributed by atoms with Crippen molar-refractivity contribution in [2.24, 2.45) is 5.92 Å². The van der Waals surface area contributed by atoms with E-state index in [1.54, 1.807) is 25.3 Å². The lowest BCUT2D eigenvalue weighted by Crippen LogP contribution is -2.38. The fraction of sp³-hybridized carbons (Fsp3) is 0.562. The van der Waals surface area contributed by atoms with E-state index < -0.39 is 0 Å². The Morgan fingerprint density at radius 1 is 1.35 bits per heavy atom. The summed E-state index contributed by atoms with van der Waals surface area (Å²) in [4.78, 5) is 12.4. The monoisotopic (exact) mass is 276 g/mol. The van der Waals surface area contributed by atoms with Crippen LogP contribution >= 0.6 is 0 Å². The molecular weight excluding hydrogens is 252 g/mol. The molecule has 0 aliphatic heterocycles. The van der Waals surface area contributed by atoms with Gasteiger partial charge in [-0.2, -0.15) is 0 Å². The highest BCUT2D eigenvalue weighted by Gasteiger charge is 2.23. The minimum absolute atomic E-state index is 0.125. The Morgan fingerprint density at radius 2 is 2.05 bits per heavy atom. The molecule has 1 amide bonds. The molecule has 0 spiro atoms. The van der Waals surface area contributed by atoms with E-state index in [4.69, 9.17) is 10.5 Å². The average Bonchev–Trinajstić information content (AvgIpc) is 2.47. The fourth-order valence-electron chi connectivity index (χ4n) is 2.93. The number of hydrogen-bond acceptors (Lipinski definition) is 3. The topological polar surface area (TPSA) is 64.4 Å². The number of carbonyl (C=O) groups excluding carboxylic acids is 1. The van der Waals surface area contributed by atoms with Crippen LogP contribution in [0.1, 0.15) is 49.4 Å². The lowest BCUT2D eigenvalue weighted by Gasteiger charge is -2.28. The van der Waals surface area contributed by atoms with Gasteiger partial charge in [0.2, 0.25) is 0 Å². The van der Waals surface area contributed by atoms with E-state index >= 15 is 0 Å². The highest BCUT2D eigenvalue weighted by atomic mass is 16.5. The Bertz CT molecular complexity index is 466. The number of anilines is 1. The van der Waals surface area contributed by atoms with E-state index in [1.165, 1.54) is 19.3 Å². The molecular formula is C16H24N2O2. The lowest BCUT2D eigenvalue weighted by atomic mass is 9.84. The summed E-state index contributed by atoms with van der Waals surface area (Å²) in [5.74, 6) is 1.23. The Kier molecular flexibility index (Phi) is 4.88. The van der Waals surface area contributed by atoms with Crippen molar-refractivity contribution in [2.75, 3.05) is 12.8 Å². The van der Waals surface area contributed by atoms with Gasteiger partial charge in [-0.15, -0.1) is 0 Å². The van der Waals surface area contributed by atoms with Crippen LogP contribution in [0.5, 0.6) is 5.75 Å². The quantitative estimate of drug-likeness (QED) is 0.831. The highest BCUT2D eigenvalue weighted by molar-refractivity contribution is 6.02. The van der Waals surface area contributed by atoms with Crippen LogP contribution < -0.4 is 15.8 Å².